The van der Waals surface area contributed by atoms with Crippen LogP contribution >= 0.6 is 11.6 Å². The molecular formula is C23H33ClN2O3. The smallest absolute Gasteiger partial charge is 0.410 e. The lowest BCUT2D eigenvalue weighted by Gasteiger charge is -2.39. The Hall–Kier alpha value is -1.30. The number of halogens is 1. The number of likely N-dealkylation sites (tertiary alicyclic amines) is 1. The predicted molar refractivity (Wildman–Crippen MR) is 114 cm³/mol. The number of hydrogen-bond donors (Lipinski definition) is 0. The maximum absolute atomic E-state index is 12.8. The summed E-state index contributed by atoms with van der Waals surface area (Å²) in [5.41, 5.74) is 3.45. The highest BCUT2D eigenvalue weighted by Gasteiger charge is 2.36. The van der Waals surface area contributed by atoms with Crippen molar-refractivity contribution >= 4 is 17.7 Å². The van der Waals surface area contributed by atoms with Crippen LogP contribution in [0.15, 0.2) is 12.1 Å². The number of amides is 1. The van der Waals surface area contributed by atoms with Crippen molar-refractivity contribution in [2.75, 3.05) is 26.3 Å². The van der Waals surface area contributed by atoms with Gasteiger partial charge in [-0.25, -0.2) is 4.79 Å². The van der Waals surface area contributed by atoms with Crippen molar-refractivity contribution in [1.29, 1.82) is 0 Å². The normalized spacial score (nSPS) is 23.9. The molecule has 6 heteroatoms. The van der Waals surface area contributed by atoms with Crippen LogP contribution in [-0.4, -0.2) is 53.8 Å². The number of benzene rings is 1. The summed E-state index contributed by atoms with van der Waals surface area (Å²) in [6.45, 7) is 10.2. The Labute approximate surface area is 179 Å². The largest absolute Gasteiger partial charge is 0.444 e. The summed E-state index contributed by atoms with van der Waals surface area (Å²) in [6, 6.07) is 4.87. The van der Waals surface area contributed by atoms with Gasteiger partial charge in [0.05, 0.1) is 6.04 Å². The molecule has 3 heterocycles. The Morgan fingerprint density at radius 2 is 1.93 bits per heavy atom. The highest BCUT2D eigenvalue weighted by molar-refractivity contribution is 6.30. The lowest BCUT2D eigenvalue weighted by molar-refractivity contribution is 0.0221. The summed E-state index contributed by atoms with van der Waals surface area (Å²) in [7, 11) is 0. The van der Waals surface area contributed by atoms with Gasteiger partial charge in [-0.3, -0.25) is 4.90 Å². The molecule has 0 spiro atoms. The van der Waals surface area contributed by atoms with Gasteiger partial charge in [0.2, 0.25) is 0 Å². The third kappa shape index (κ3) is 4.73. The topological polar surface area (TPSA) is 42.0 Å². The van der Waals surface area contributed by atoms with E-state index in [-0.39, 0.29) is 12.1 Å². The molecule has 0 bridgehead atoms. The number of nitrogens with zero attached hydrogens (tertiary/aromatic N) is 2. The molecule has 0 saturated carbocycles. The maximum Gasteiger partial charge on any atom is 0.410 e. The average Bonchev–Trinajstić information content (AvgIpc) is 3.16. The number of fused-ring (bicyclic) bond motifs is 1. The molecule has 1 amide bonds. The van der Waals surface area contributed by atoms with Crippen molar-refractivity contribution in [3.63, 3.8) is 0 Å². The summed E-state index contributed by atoms with van der Waals surface area (Å²) >= 11 is 6.55. The van der Waals surface area contributed by atoms with Crippen LogP contribution in [0.25, 0.3) is 0 Å². The minimum Gasteiger partial charge on any atom is -0.444 e. The first-order chi connectivity index (χ1) is 13.8. The number of rotatable bonds is 2. The fraction of sp³-hybridized carbons (Fsp3) is 0.696. The minimum atomic E-state index is -0.484. The van der Waals surface area contributed by atoms with Crippen molar-refractivity contribution in [3.05, 3.63) is 33.8 Å². The van der Waals surface area contributed by atoms with E-state index in [9.17, 15) is 4.79 Å². The van der Waals surface area contributed by atoms with E-state index in [0.717, 1.165) is 70.0 Å². The molecule has 0 N–H and O–H groups in total. The van der Waals surface area contributed by atoms with Gasteiger partial charge in [0, 0.05) is 43.9 Å². The van der Waals surface area contributed by atoms with Crippen LogP contribution in [0.3, 0.4) is 0 Å². The lowest BCUT2D eigenvalue weighted by atomic mass is 9.89. The van der Waals surface area contributed by atoms with E-state index in [2.05, 4.69) is 17.0 Å². The van der Waals surface area contributed by atoms with E-state index in [1.165, 1.54) is 16.7 Å². The van der Waals surface area contributed by atoms with Crippen molar-refractivity contribution in [1.82, 2.24) is 9.80 Å². The van der Waals surface area contributed by atoms with Crippen molar-refractivity contribution < 1.29 is 14.3 Å². The Kier molecular flexibility index (Phi) is 6.10. The first kappa shape index (κ1) is 21.0. The van der Waals surface area contributed by atoms with Crippen LogP contribution in [0.5, 0.6) is 0 Å². The minimum absolute atomic E-state index is 0.0620. The lowest BCUT2D eigenvalue weighted by Crippen LogP contribution is -2.43. The van der Waals surface area contributed by atoms with Gasteiger partial charge in [-0.1, -0.05) is 11.6 Å². The second-order valence-electron chi connectivity index (χ2n) is 9.53. The Morgan fingerprint density at radius 1 is 1.17 bits per heavy atom. The van der Waals surface area contributed by atoms with Gasteiger partial charge in [0.25, 0.3) is 0 Å². The third-order valence-electron chi connectivity index (χ3n) is 6.31. The fourth-order valence-corrected chi connectivity index (χ4v) is 5.25. The third-order valence-corrected chi connectivity index (χ3v) is 6.53. The van der Waals surface area contributed by atoms with Gasteiger partial charge in [-0.2, -0.15) is 0 Å². The van der Waals surface area contributed by atoms with E-state index in [1.807, 2.05) is 25.7 Å². The summed E-state index contributed by atoms with van der Waals surface area (Å²) in [4.78, 5) is 17.3. The molecule has 160 valence electrons. The second-order valence-corrected chi connectivity index (χ2v) is 9.96. The highest BCUT2D eigenvalue weighted by atomic mass is 35.5. The molecule has 0 aliphatic carbocycles. The number of carbonyl (C=O) groups excluding carboxylic acids is 1. The average molecular weight is 421 g/mol. The maximum atomic E-state index is 12.8. The van der Waals surface area contributed by atoms with Gasteiger partial charge in [0.15, 0.2) is 0 Å². The Balaban J connectivity index is 1.57. The number of ether oxygens (including phenoxy) is 2. The molecule has 29 heavy (non-hydrogen) atoms. The zero-order valence-corrected chi connectivity index (χ0v) is 18.6. The molecule has 2 fully saturated rings. The number of carbonyl (C=O) groups is 1. The molecule has 0 unspecified atom stereocenters. The van der Waals surface area contributed by atoms with E-state index < -0.39 is 5.60 Å². The standard InChI is InChI=1S/C23H33ClN2O3/c1-23(2,3)29-22(27)26-9-4-5-21(26)20-14-17(24)13-16-15-25(10-6-19(16)20)18-7-11-28-12-8-18/h13-14,18,21H,4-12,15H2,1-3H3/t21-/m0/s1. The van der Waals surface area contributed by atoms with Crippen molar-refractivity contribution in [2.24, 2.45) is 0 Å². The van der Waals surface area contributed by atoms with Crippen LogP contribution in [0.4, 0.5) is 4.79 Å². The molecule has 0 radical (unpaired) electrons. The SMILES string of the molecule is CC(C)(C)OC(=O)N1CCC[C@H]1c1cc(Cl)cc2c1CCN(C1CCOCC1)C2. The van der Waals surface area contributed by atoms with Crippen LogP contribution in [0.1, 0.15) is 69.2 Å². The summed E-state index contributed by atoms with van der Waals surface area (Å²) < 4.78 is 11.2. The van der Waals surface area contributed by atoms with E-state index in [1.54, 1.807) is 0 Å². The fourth-order valence-electron chi connectivity index (χ4n) is 5.00. The van der Waals surface area contributed by atoms with E-state index >= 15 is 0 Å². The summed E-state index contributed by atoms with van der Waals surface area (Å²) in [5.74, 6) is 0. The van der Waals surface area contributed by atoms with Gasteiger partial charge in [0.1, 0.15) is 5.60 Å². The predicted octanol–water partition coefficient (Wildman–Crippen LogP) is 4.95. The van der Waals surface area contributed by atoms with Crippen molar-refractivity contribution in [3.8, 4) is 0 Å². The molecule has 1 atom stereocenters. The van der Waals surface area contributed by atoms with Crippen molar-refractivity contribution in [2.45, 2.75) is 77.1 Å². The molecule has 0 aromatic heterocycles. The van der Waals surface area contributed by atoms with Crippen LogP contribution in [-0.2, 0) is 22.4 Å². The zero-order valence-electron chi connectivity index (χ0n) is 17.9. The quantitative estimate of drug-likeness (QED) is 0.678. The molecule has 1 aromatic carbocycles. The monoisotopic (exact) mass is 420 g/mol. The van der Waals surface area contributed by atoms with Gasteiger partial charge >= 0.3 is 6.09 Å². The Morgan fingerprint density at radius 3 is 2.66 bits per heavy atom. The van der Waals surface area contributed by atoms with Gasteiger partial charge in [-0.15, -0.1) is 0 Å². The Bertz CT molecular complexity index is 755. The van der Waals surface area contributed by atoms with Crippen LogP contribution in [0.2, 0.25) is 5.02 Å². The molecule has 3 aliphatic rings. The van der Waals surface area contributed by atoms with Crippen LogP contribution < -0.4 is 0 Å². The second kappa shape index (κ2) is 8.44. The zero-order chi connectivity index (χ0) is 20.6. The molecule has 3 aliphatic heterocycles. The first-order valence-electron chi connectivity index (χ1n) is 10.9. The molecule has 1 aromatic rings. The molecule has 5 nitrogen and oxygen atoms in total. The van der Waals surface area contributed by atoms with Gasteiger partial charge < -0.3 is 14.4 Å². The summed E-state index contributed by atoms with van der Waals surface area (Å²) in [5, 5.41) is 0.767. The van der Waals surface area contributed by atoms with Gasteiger partial charge in [-0.05, 0) is 81.7 Å². The molecule has 4 rings (SSSR count). The molecule has 2 saturated heterocycles. The number of hydrogen-bond acceptors (Lipinski definition) is 4. The highest BCUT2D eigenvalue weighted by Crippen LogP contribution is 2.39. The molecular weight excluding hydrogens is 388 g/mol. The van der Waals surface area contributed by atoms with E-state index in [4.69, 9.17) is 21.1 Å². The van der Waals surface area contributed by atoms with Crippen LogP contribution in [0, 0.1) is 0 Å². The first-order valence-corrected chi connectivity index (χ1v) is 11.3. The van der Waals surface area contributed by atoms with E-state index in [0.29, 0.717) is 6.04 Å². The summed E-state index contributed by atoms with van der Waals surface area (Å²) in [6.07, 6.45) is 4.98.